The van der Waals surface area contributed by atoms with Crippen LogP contribution in [0.1, 0.15) is 12.5 Å². The first-order chi connectivity index (χ1) is 6.13. The number of ether oxygens (including phenoxy) is 1. The van der Waals surface area contributed by atoms with Crippen LogP contribution >= 0.6 is 12.2 Å². The van der Waals surface area contributed by atoms with Gasteiger partial charge in [0.25, 0.3) is 0 Å². The van der Waals surface area contributed by atoms with Gasteiger partial charge < -0.3 is 10.1 Å². The van der Waals surface area contributed by atoms with Gasteiger partial charge in [0.15, 0.2) is 0 Å². The quantitative estimate of drug-likeness (QED) is 0.733. The van der Waals surface area contributed by atoms with Gasteiger partial charge in [-0.1, -0.05) is 12.2 Å². The van der Waals surface area contributed by atoms with Gasteiger partial charge in [0.1, 0.15) is 5.75 Å². The fraction of sp³-hybridized carbons (Fsp3) is 0.300. The Hall–Kier alpha value is -1.09. The SMILES string of the molecule is COc1ccc(NC(C)=S)cc1C. The summed E-state index contributed by atoms with van der Waals surface area (Å²) in [4.78, 5) is 0.768. The number of aryl methyl sites for hydroxylation is 1. The van der Waals surface area contributed by atoms with Crippen LogP contribution in [0.4, 0.5) is 5.69 Å². The van der Waals surface area contributed by atoms with Gasteiger partial charge >= 0.3 is 0 Å². The highest BCUT2D eigenvalue weighted by molar-refractivity contribution is 7.80. The average Bonchev–Trinajstić information content (AvgIpc) is 2.03. The van der Waals surface area contributed by atoms with Crippen molar-refractivity contribution < 1.29 is 4.74 Å². The van der Waals surface area contributed by atoms with E-state index in [0.717, 1.165) is 22.0 Å². The predicted octanol–water partition coefficient (Wildman–Crippen LogP) is 2.76. The third-order valence-corrected chi connectivity index (χ3v) is 1.82. The lowest BCUT2D eigenvalue weighted by molar-refractivity contribution is 0.412. The number of rotatable bonds is 2. The summed E-state index contributed by atoms with van der Waals surface area (Å²) < 4.78 is 5.14. The molecule has 0 saturated carbocycles. The third kappa shape index (κ3) is 2.70. The molecule has 0 radical (unpaired) electrons. The minimum Gasteiger partial charge on any atom is -0.496 e. The van der Waals surface area contributed by atoms with Crippen LogP contribution in [0, 0.1) is 6.92 Å². The number of nitrogens with one attached hydrogen (secondary N) is 1. The largest absolute Gasteiger partial charge is 0.496 e. The summed E-state index contributed by atoms with van der Waals surface area (Å²) in [5.74, 6) is 0.896. The smallest absolute Gasteiger partial charge is 0.121 e. The molecule has 0 amide bonds. The molecule has 0 aliphatic heterocycles. The van der Waals surface area contributed by atoms with Crippen LogP contribution in [-0.2, 0) is 0 Å². The first-order valence-electron chi connectivity index (χ1n) is 4.05. The van der Waals surface area contributed by atoms with Gasteiger partial charge in [-0.2, -0.15) is 0 Å². The summed E-state index contributed by atoms with van der Waals surface area (Å²) in [6, 6.07) is 5.88. The second-order valence-electron chi connectivity index (χ2n) is 2.87. The van der Waals surface area contributed by atoms with Crippen molar-refractivity contribution in [3.8, 4) is 5.75 Å². The Morgan fingerprint density at radius 1 is 1.46 bits per heavy atom. The van der Waals surface area contributed by atoms with Crippen LogP contribution in [0.3, 0.4) is 0 Å². The lowest BCUT2D eigenvalue weighted by Gasteiger charge is -2.08. The number of hydrogen-bond donors (Lipinski definition) is 1. The van der Waals surface area contributed by atoms with E-state index >= 15 is 0 Å². The average molecular weight is 195 g/mol. The highest BCUT2D eigenvalue weighted by atomic mass is 32.1. The van der Waals surface area contributed by atoms with E-state index in [9.17, 15) is 0 Å². The van der Waals surface area contributed by atoms with E-state index < -0.39 is 0 Å². The summed E-state index contributed by atoms with van der Waals surface area (Å²) in [5.41, 5.74) is 2.11. The summed E-state index contributed by atoms with van der Waals surface area (Å²) in [6.07, 6.45) is 0. The predicted molar refractivity (Wildman–Crippen MR) is 59.6 cm³/mol. The molecule has 0 fully saturated rings. The molecule has 1 rings (SSSR count). The van der Waals surface area contributed by atoms with E-state index in [1.54, 1.807) is 7.11 Å². The summed E-state index contributed by atoms with van der Waals surface area (Å²) in [6.45, 7) is 3.86. The maximum Gasteiger partial charge on any atom is 0.121 e. The highest BCUT2D eigenvalue weighted by Gasteiger charge is 1.99. The molecule has 1 aromatic rings. The Labute approximate surface area is 83.9 Å². The van der Waals surface area contributed by atoms with Gasteiger partial charge in [0, 0.05) is 5.69 Å². The molecule has 2 nitrogen and oxygen atoms in total. The molecule has 0 bridgehead atoms. The zero-order chi connectivity index (χ0) is 9.84. The molecule has 3 heteroatoms. The molecule has 0 saturated heterocycles. The highest BCUT2D eigenvalue weighted by Crippen LogP contribution is 2.21. The Morgan fingerprint density at radius 2 is 2.15 bits per heavy atom. The van der Waals surface area contributed by atoms with Crippen molar-refractivity contribution in [3.63, 3.8) is 0 Å². The van der Waals surface area contributed by atoms with Crippen molar-refractivity contribution in [2.75, 3.05) is 12.4 Å². The van der Waals surface area contributed by atoms with Gasteiger partial charge in [-0.05, 0) is 37.6 Å². The number of anilines is 1. The maximum absolute atomic E-state index is 5.14. The van der Waals surface area contributed by atoms with Crippen molar-refractivity contribution >= 4 is 22.9 Å². The molecular weight excluding hydrogens is 182 g/mol. The monoisotopic (exact) mass is 195 g/mol. The number of thiocarbonyl (C=S) groups is 1. The molecule has 1 N–H and O–H groups in total. The van der Waals surface area contributed by atoms with E-state index in [0.29, 0.717) is 0 Å². The second kappa shape index (κ2) is 4.23. The van der Waals surface area contributed by atoms with Crippen LogP contribution < -0.4 is 10.1 Å². The first-order valence-corrected chi connectivity index (χ1v) is 4.46. The molecule has 0 aromatic heterocycles. The molecule has 1 aromatic carbocycles. The van der Waals surface area contributed by atoms with E-state index in [1.165, 1.54) is 0 Å². The molecule has 0 unspecified atom stereocenters. The lowest BCUT2D eigenvalue weighted by Crippen LogP contribution is -2.03. The van der Waals surface area contributed by atoms with Gasteiger partial charge in [-0.3, -0.25) is 0 Å². The third-order valence-electron chi connectivity index (χ3n) is 1.72. The fourth-order valence-corrected chi connectivity index (χ4v) is 1.28. The van der Waals surface area contributed by atoms with E-state index in [1.807, 2.05) is 32.0 Å². The normalized spacial score (nSPS) is 9.46. The maximum atomic E-state index is 5.14. The van der Waals surface area contributed by atoms with Gasteiger partial charge in [0.2, 0.25) is 0 Å². The minimum absolute atomic E-state index is 0.768. The van der Waals surface area contributed by atoms with Crippen molar-refractivity contribution in [1.29, 1.82) is 0 Å². The zero-order valence-corrected chi connectivity index (χ0v) is 8.87. The van der Waals surface area contributed by atoms with Crippen molar-refractivity contribution in [2.45, 2.75) is 13.8 Å². The summed E-state index contributed by atoms with van der Waals surface area (Å²) >= 11 is 4.94. The molecule has 0 aliphatic carbocycles. The second-order valence-corrected chi connectivity index (χ2v) is 3.48. The van der Waals surface area contributed by atoms with Gasteiger partial charge in [-0.25, -0.2) is 0 Å². The zero-order valence-electron chi connectivity index (χ0n) is 8.05. The van der Waals surface area contributed by atoms with E-state index in [-0.39, 0.29) is 0 Å². The van der Waals surface area contributed by atoms with Crippen molar-refractivity contribution in [1.82, 2.24) is 0 Å². The minimum atomic E-state index is 0.768. The molecule has 0 atom stereocenters. The Balaban J connectivity index is 2.89. The van der Waals surface area contributed by atoms with Crippen LogP contribution in [0.2, 0.25) is 0 Å². The molecular formula is C10H13NOS. The Bertz CT molecular complexity index is 323. The van der Waals surface area contributed by atoms with E-state index in [4.69, 9.17) is 17.0 Å². The van der Waals surface area contributed by atoms with Gasteiger partial charge in [-0.15, -0.1) is 0 Å². The topological polar surface area (TPSA) is 21.3 Å². The Kier molecular flexibility index (Phi) is 3.25. The lowest BCUT2D eigenvalue weighted by atomic mass is 10.2. The van der Waals surface area contributed by atoms with Gasteiger partial charge in [0.05, 0.1) is 12.1 Å². The molecule has 0 aliphatic rings. The Morgan fingerprint density at radius 3 is 2.62 bits per heavy atom. The van der Waals surface area contributed by atoms with Crippen molar-refractivity contribution in [3.05, 3.63) is 23.8 Å². The van der Waals surface area contributed by atoms with E-state index in [2.05, 4.69) is 5.32 Å². The molecule has 70 valence electrons. The summed E-state index contributed by atoms with van der Waals surface area (Å²) in [5, 5.41) is 3.07. The number of hydrogen-bond acceptors (Lipinski definition) is 2. The number of methoxy groups -OCH3 is 1. The van der Waals surface area contributed by atoms with Crippen LogP contribution in [0.15, 0.2) is 18.2 Å². The standard InChI is InChI=1S/C10H13NOS/c1-7-6-9(11-8(2)13)4-5-10(7)12-3/h4-6H,1-3H3,(H,11,13). The fourth-order valence-electron chi connectivity index (χ4n) is 1.16. The molecule has 0 heterocycles. The van der Waals surface area contributed by atoms with Crippen LogP contribution in [0.5, 0.6) is 5.75 Å². The molecule has 13 heavy (non-hydrogen) atoms. The first kappa shape index (κ1) is 9.99. The molecule has 0 spiro atoms. The summed E-state index contributed by atoms with van der Waals surface area (Å²) in [7, 11) is 1.67. The number of benzene rings is 1. The van der Waals surface area contributed by atoms with Crippen LogP contribution in [0.25, 0.3) is 0 Å². The van der Waals surface area contributed by atoms with Crippen molar-refractivity contribution in [2.24, 2.45) is 0 Å². The van der Waals surface area contributed by atoms with Crippen LogP contribution in [-0.4, -0.2) is 12.1 Å².